The van der Waals surface area contributed by atoms with E-state index in [0.717, 1.165) is 18.4 Å². The van der Waals surface area contributed by atoms with Crippen LogP contribution in [0.4, 0.5) is 14.4 Å². The Bertz CT molecular complexity index is 1230. The third-order valence-electron chi connectivity index (χ3n) is 7.96. The van der Waals surface area contributed by atoms with Crippen molar-refractivity contribution in [1.82, 2.24) is 20.0 Å². The molecule has 1 heterocycles. The lowest BCUT2D eigenvalue weighted by molar-refractivity contribution is -0.136. The maximum absolute atomic E-state index is 13.4. The van der Waals surface area contributed by atoms with E-state index in [4.69, 9.17) is 19.9 Å². The Balaban J connectivity index is 1.53. The lowest BCUT2D eigenvalue weighted by atomic mass is 9.95. The molecule has 1 atom stereocenters. The zero-order valence-electron chi connectivity index (χ0n) is 29.5. The molecule has 0 bridgehead atoms. The Morgan fingerprint density at radius 2 is 1.46 bits per heavy atom. The van der Waals surface area contributed by atoms with Crippen LogP contribution in [0, 0.1) is 5.92 Å². The monoisotopic (exact) mass is 673 g/mol. The molecule has 3 N–H and O–H groups in total. The van der Waals surface area contributed by atoms with E-state index < -0.39 is 41.2 Å². The molecule has 2 aliphatic rings. The number of carbonyl (C=O) groups is 5. The van der Waals surface area contributed by atoms with Gasteiger partial charge in [0.15, 0.2) is 0 Å². The van der Waals surface area contributed by atoms with Crippen LogP contribution < -0.4 is 11.1 Å². The molecule has 1 aliphatic carbocycles. The number of nitrogens with two attached hydrogens (primary N) is 1. The average Bonchev–Trinajstić information content (AvgIpc) is 3.83. The molecule has 0 radical (unpaired) electrons. The van der Waals surface area contributed by atoms with Gasteiger partial charge in [0, 0.05) is 38.8 Å². The van der Waals surface area contributed by atoms with Crippen LogP contribution in [0.3, 0.4) is 0 Å². The van der Waals surface area contributed by atoms with Gasteiger partial charge in [-0.05, 0) is 91.5 Å². The van der Waals surface area contributed by atoms with E-state index in [1.165, 1.54) is 0 Å². The molecule has 1 saturated carbocycles. The fourth-order valence-electron chi connectivity index (χ4n) is 5.47. The number of nitrogens with zero attached hydrogens (tertiary/aromatic N) is 3. The predicted molar refractivity (Wildman–Crippen MR) is 180 cm³/mol. The number of hydrogen-bond acceptors (Lipinski definition) is 8. The second-order valence-electron chi connectivity index (χ2n) is 14.7. The summed E-state index contributed by atoms with van der Waals surface area (Å²) in [6.07, 6.45) is 2.74. The van der Waals surface area contributed by atoms with E-state index in [2.05, 4.69) is 5.32 Å². The van der Waals surface area contributed by atoms with Gasteiger partial charge in [0.1, 0.15) is 23.9 Å². The summed E-state index contributed by atoms with van der Waals surface area (Å²) in [7, 11) is 0. The van der Waals surface area contributed by atoms with Crippen LogP contribution >= 0.6 is 0 Å². The minimum Gasteiger partial charge on any atom is -0.445 e. The zero-order chi connectivity index (χ0) is 35.5. The molecule has 5 amide bonds. The standard InChI is InChI=1S/C35H55N5O8/c1-34(2,3)47-32(44)39(18-10-11-19-40(27-14-15-27)33(45)48-35(4,5)6)23-25-16-20-38(21-17-25)30(42)28(22-29(36)41)37-31(43)46-24-26-12-8-7-9-13-26/h7-9,12-13,25,27-28H,10-11,14-24H2,1-6H3,(H2,36,41)(H,37,43)/t28-/m0/s1. The van der Waals surface area contributed by atoms with Gasteiger partial charge in [0.25, 0.3) is 0 Å². The number of unbranched alkanes of at least 4 members (excludes halogenated alkanes) is 1. The van der Waals surface area contributed by atoms with E-state index in [1.807, 2.05) is 71.9 Å². The second kappa shape index (κ2) is 17.4. The Labute approximate surface area is 284 Å². The fraction of sp³-hybridized carbons (Fsp3) is 0.686. The normalized spacial score (nSPS) is 16.0. The highest BCUT2D eigenvalue weighted by Crippen LogP contribution is 2.29. The number of alkyl carbamates (subject to hydrolysis) is 1. The number of primary amides is 1. The van der Waals surface area contributed by atoms with Crippen LogP contribution in [0.2, 0.25) is 0 Å². The minimum atomic E-state index is -1.14. The number of likely N-dealkylation sites (tertiary alicyclic amines) is 1. The van der Waals surface area contributed by atoms with Crippen molar-refractivity contribution in [3.8, 4) is 0 Å². The maximum Gasteiger partial charge on any atom is 0.410 e. The van der Waals surface area contributed by atoms with Crippen molar-refractivity contribution in [1.29, 1.82) is 0 Å². The molecule has 1 aromatic carbocycles. The fourth-order valence-corrected chi connectivity index (χ4v) is 5.47. The van der Waals surface area contributed by atoms with Gasteiger partial charge in [0.2, 0.25) is 11.8 Å². The molecule has 2 fully saturated rings. The number of nitrogens with one attached hydrogen (secondary N) is 1. The lowest BCUT2D eigenvalue weighted by Crippen LogP contribution is -2.52. The van der Waals surface area contributed by atoms with Crippen LogP contribution in [0.15, 0.2) is 30.3 Å². The van der Waals surface area contributed by atoms with Crippen molar-refractivity contribution in [2.45, 2.75) is 116 Å². The van der Waals surface area contributed by atoms with Crippen molar-refractivity contribution in [2.75, 3.05) is 32.7 Å². The number of hydrogen-bond donors (Lipinski definition) is 2. The van der Waals surface area contributed by atoms with Gasteiger partial charge in [-0.25, -0.2) is 14.4 Å². The quantitative estimate of drug-likeness (QED) is 0.210. The first kappa shape index (κ1) is 38.4. The topological polar surface area (TPSA) is 161 Å². The summed E-state index contributed by atoms with van der Waals surface area (Å²) in [5.41, 5.74) is 4.96. The molecule has 0 spiro atoms. The van der Waals surface area contributed by atoms with E-state index in [1.54, 1.807) is 14.7 Å². The van der Waals surface area contributed by atoms with Gasteiger partial charge in [-0.2, -0.15) is 0 Å². The van der Waals surface area contributed by atoms with Crippen molar-refractivity contribution < 1.29 is 38.2 Å². The number of amides is 5. The first-order valence-electron chi connectivity index (χ1n) is 17.0. The Morgan fingerprint density at radius 1 is 0.875 bits per heavy atom. The Hall–Kier alpha value is -4.03. The SMILES string of the molecule is CC(C)(C)OC(=O)N(CCCCN(C(=O)OC(C)(C)C)C1CC1)CC1CCN(C(=O)[C@H](CC(N)=O)NC(=O)OCc2ccccc2)CC1. The molecule has 268 valence electrons. The number of ether oxygens (including phenoxy) is 3. The van der Waals surface area contributed by atoms with E-state index >= 15 is 0 Å². The molecule has 13 nitrogen and oxygen atoms in total. The highest BCUT2D eigenvalue weighted by atomic mass is 16.6. The van der Waals surface area contributed by atoms with Gasteiger partial charge in [-0.3, -0.25) is 9.59 Å². The Kier molecular flexibility index (Phi) is 13.9. The van der Waals surface area contributed by atoms with Crippen LogP contribution in [-0.2, 0) is 30.4 Å². The molecular formula is C35H55N5O8. The molecule has 13 heteroatoms. The van der Waals surface area contributed by atoms with Gasteiger partial charge < -0.3 is 40.0 Å². The van der Waals surface area contributed by atoms with Gasteiger partial charge in [-0.15, -0.1) is 0 Å². The van der Waals surface area contributed by atoms with Gasteiger partial charge >= 0.3 is 18.3 Å². The van der Waals surface area contributed by atoms with Crippen LogP contribution in [-0.4, -0.2) is 101 Å². The predicted octanol–water partition coefficient (Wildman–Crippen LogP) is 4.81. The molecule has 3 rings (SSSR count). The van der Waals surface area contributed by atoms with Gasteiger partial charge in [-0.1, -0.05) is 30.3 Å². The first-order chi connectivity index (χ1) is 22.5. The lowest BCUT2D eigenvalue weighted by Gasteiger charge is -2.36. The van der Waals surface area contributed by atoms with Gasteiger partial charge in [0.05, 0.1) is 6.42 Å². The summed E-state index contributed by atoms with van der Waals surface area (Å²) in [6.45, 7) is 13.4. The molecule has 48 heavy (non-hydrogen) atoms. The summed E-state index contributed by atoms with van der Waals surface area (Å²) < 4.78 is 16.6. The summed E-state index contributed by atoms with van der Waals surface area (Å²) in [5, 5.41) is 2.51. The third kappa shape index (κ3) is 14.0. The smallest absolute Gasteiger partial charge is 0.410 e. The van der Waals surface area contributed by atoms with Crippen molar-refractivity contribution in [3.63, 3.8) is 0 Å². The summed E-state index contributed by atoms with van der Waals surface area (Å²) in [4.78, 5) is 68.7. The van der Waals surface area contributed by atoms with E-state index in [0.29, 0.717) is 58.4 Å². The number of carbonyl (C=O) groups excluding carboxylic acids is 5. The molecule has 1 saturated heterocycles. The largest absolute Gasteiger partial charge is 0.445 e. The molecule has 0 aromatic heterocycles. The third-order valence-corrected chi connectivity index (χ3v) is 7.96. The molecule has 1 aromatic rings. The van der Waals surface area contributed by atoms with E-state index in [9.17, 15) is 24.0 Å². The average molecular weight is 674 g/mol. The van der Waals surface area contributed by atoms with E-state index in [-0.39, 0.29) is 31.1 Å². The molecule has 1 aliphatic heterocycles. The summed E-state index contributed by atoms with van der Waals surface area (Å²) in [6, 6.07) is 8.19. The van der Waals surface area contributed by atoms with Crippen molar-refractivity contribution >= 4 is 30.1 Å². The highest BCUT2D eigenvalue weighted by molar-refractivity contribution is 5.90. The molecular weight excluding hydrogens is 618 g/mol. The minimum absolute atomic E-state index is 0.0201. The van der Waals surface area contributed by atoms with Crippen LogP contribution in [0.5, 0.6) is 0 Å². The second-order valence-corrected chi connectivity index (χ2v) is 14.7. The van der Waals surface area contributed by atoms with Crippen LogP contribution in [0.25, 0.3) is 0 Å². The number of piperidine rings is 1. The maximum atomic E-state index is 13.4. The first-order valence-corrected chi connectivity index (χ1v) is 17.0. The Morgan fingerprint density at radius 3 is 2.02 bits per heavy atom. The van der Waals surface area contributed by atoms with Crippen LogP contribution in [0.1, 0.15) is 92.1 Å². The summed E-state index contributed by atoms with van der Waals surface area (Å²) in [5.74, 6) is -1.01. The van der Waals surface area contributed by atoms with Crippen molar-refractivity contribution in [2.24, 2.45) is 11.7 Å². The zero-order valence-corrected chi connectivity index (χ0v) is 29.5. The highest BCUT2D eigenvalue weighted by Gasteiger charge is 2.35. The number of rotatable bonds is 14. The number of benzene rings is 1. The molecule has 0 unspecified atom stereocenters. The van der Waals surface area contributed by atoms with Crippen molar-refractivity contribution in [3.05, 3.63) is 35.9 Å². The summed E-state index contributed by atoms with van der Waals surface area (Å²) >= 11 is 0.